The molecule has 2 atom stereocenters. The molecule has 0 bridgehead atoms. The molecule has 0 heterocycles. The van der Waals surface area contributed by atoms with Crippen LogP contribution in [0.5, 0.6) is 0 Å². The summed E-state index contributed by atoms with van der Waals surface area (Å²) in [5.74, 6) is 0.0791. The number of nitrogens with zero attached hydrogens (tertiary/aromatic N) is 1. The first-order valence-corrected chi connectivity index (χ1v) is 8.17. The van der Waals surface area contributed by atoms with Gasteiger partial charge in [-0.1, -0.05) is 44.2 Å². The van der Waals surface area contributed by atoms with E-state index in [4.69, 9.17) is 0 Å². The molecule has 0 saturated heterocycles. The smallest absolute Gasteiger partial charge is 0.314 e. The first-order valence-electron chi connectivity index (χ1n) is 8.17. The van der Waals surface area contributed by atoms with E-state index in [0.717, 1.165) is 6.42 Å². The molecule has 0 aliphatic heterocycles. The van der Waals surface area contributed by atoms with Crippen molar-refractivity contribution >= 4 is 6.03 Å². The van der Waals surface area contributed by atoms with E-state index in [0.29, 0.717) is 6.54 Å². The minimum absolute atomic E-state index is 0.0791. The number of amides is 2. The number of urea groups is 1. The fourth-order valence-electron chi connectivity index (χ4n) is 2.06. The fourth-order valence-corrected chi connectivity index (χ4v) is 2.06. The van der Waals surface area contributed by atoms with Crippen LogP contribution in [0.2, 0.25) is 0 Å². The Labute approximate surface area is 140 Å². The summed E-state index contributed by atoms with van der Waals surface area (Å²) in [6.45, 7) is 6.39. The quantitative estimate of drug-likeness (QED) is 0.685. The van der Waals surface area contributed by atoms with E-state index in [-0.39, 0.29) is 24.5 Å². The molecule has 0 spiro atoms. The highest BCUT2D eigenvalue weighted by atomic mass is 16.3. The van der Waals surface area contributed by atoms with Crippen LogP contribution in [0.1, 0.15) is 26.3 Å². The SMILES string of the molecule is CC(C)C(C)(O)CNC(=O)NCC(Cc1ccccc1)N(C)C. The van der Waals surface area contributed by atoms with Gasteiger partial charge >= 0.3 is 6.03 Å². The van der Waals surface area contributed by atoms with Gasteiger partial charge in [0.25, 0.3) is 0 Å². The lowest BCUT2D eigenvalue weighted by atomic mass is 9.93. The van der Waals surface area contributed by atoms with Crippen molar-refractivity contribution in [2.75, 3.05) is 27.2 Å². The summed E-state index contributed by atoms with van der Waals surface area (Å²) in [7, 11) is 4.02. The molecular formula is C18H31N3O2. The number of nitrogens with one attached hydrogen (secondary N) is 2. The Balaban J connectivity index is 2.45. The molecule has 0 radical (unpaired) electrons. The van der Waals surface area contributed by atoms with Crippen molar-refractivity contribution < 1.29 is 9.90 Å². The third-order valence-corrected chi connectivity index (χ3v) is 4.39. The maximum atomic E-state index is 11.9. The van der Waals surface area contributed by atoms with Gasteiger partial charge in [0.05, 0.1) is 5.60 Å². The molecule has 1 rings (SSSR count). The molecule has 0 aliphatic carbocycles. The monoisotopic (exact) mass is 321 g/mol. The second-order valence-electron chi connectivity index (χ2n) is 6.88. The zero-order chi connectivity index (χ0) is 17.5. The van der Waals surface area contributed by atoms with Crippen LogP contribution in [0.15, 0.2) is 30.3 Å². The lowest BCUT2D eigenvalue weighted by molar-refractivity contribution is 0.0166. The molecule has 2 amide bonds. The van der Waals surface area contributed by atoms with Gasteiger partial charge in [-0.05, 0) is 38.9 Å². The predicted octanol–water partition coefficient (Wildman–Crippen LogP) is 1.87. The second kappa shape index (κ2) is 8.89. The predicted molar refractivity (Wildman–Crippen MR) is 94.5 cm³/mol. The van der Waals surface area contributed by atoms with Gasteiger partial charge < -0.3 is 20.6 Å². The van der Waals surface area contributed by atoms with Crippen molar-refractivity contribution in [2.45, 2.75) is 38.8 Å². The van der Waals surface area contributed by atoms with Crippen LogP contribution in [-0.4, -0.2) is 54.9 Å². The highest BCUT2D eigenvalue weighted by Gasteiger charge is 2.25. The van der Waals surface area contributed by atoms with E-state index in [9.17, 15) is 9.90 Å². The average Bonchev–Trinajstić information content (AvgIpc) is 2.50. The summed E-state index contributed by atoms with van der Waals surface area (Å²) < 4.78 is 0. The summed E-state index contributed by atoms with van der Waals surface area (Å²) in [5.41, 5.74) is 0.346. The zero-order valence-corrected chi connectivity index (χ0v) is 15.0. The zero-order valence-electron chi connectivity index (χ0n) is 15.0. The number of benzene rings is 1. The van der Waals surface area contributed by atoms with E-state index in [1.165, 1.54) is 5.56 Å². The van der Waals surface area contributed by atoms with Gasteiger partial charge in [-0.2, -0.15) is 0 Å². The number of hydrogen-bond donors (Lipinski definition) is 3. The van der Waals surface area contributed by atoms with E-state index in [1.54, 1.807) is 6.92 Å². The van der Waals surface area contributed by atoms with Crippen molar-refractivity contribution in [1.29, 1.82) is 0 Å². The summed E-state index contributed by atoms with van der Waals surface area (Å²) in [4.78, 5) is 14.0. The number of likely N-dealkylation sites (N-methyl/N-ethyl adjacent to an activating group) is 1. The van der Waals surface area contributed by atoms with Crippen LogP contribution in [0.4, 0.5) is 4.79 Å². The number of hydrogen-bond acceptors (Lipinski definition) is 3. The summed E-state index contributed by atoms with van der Waals surface area (Å²) >= 11 is 0. The number of carbonyl (C=O) groups is 1. The molecule has 5 heteroatoms. The summed E-state index contributed by atoms with van der Waals surface area (Å²) in [5, 5.41) is 15.8. The Kier molecular flexibility index (Phi) is 7.52. The van der Waals surface area contributed by atoms with Gasteiger partial charge in [0, 0.05) is 19.1 Å². The normalized spacial score (nSPS) is 15.3. The van der Waals surface area contributed by atoms with Crippen molar-refractivity contribution in [3.63, 3.8) is 0 Å². The van der Waals surface area contributed by atoms with Crippen LogP contribution in [0.3, 0.4) is 0 Å². The molecule has 23 heavy (non-hydrogen) atoms. The first kappa shape index (κ1) is 19.5. The molecule has 130 valence electrons. The molecule has 1 aromatic rings. The number of carbonyl (C=O) groups excluding carboxylic acids is 1. The van der Waals surface area contributed by atoms with Crippen molar-refractivity contribution in [3.05, 3.63) is 35.9 Å². The van der Waals surface area contributed by atoms with Crippen molar-refractivity contribution in [3.8, 4) is 0 Å². The molecule has 1 aromatic carbocycles. The average molecular weight is 321 g/mol. The van der Waals surface area contributed by atoms with Crippen molar-refractivity contribution in [1.82, 2.24) is 15.5 Å². The maximum Gasteiger partial charge on any atom is 0.314 e. The van der Waals surface area contributed by atoms with Crippen LogP contribution in [0.25, 0.3) is 0 Å². The van der Waals surface area contributed by atoms with E-state index < -0.39 is 5.60 Å². The fraction of sp³-hybridized carbons (Fsp3) is 0.611. The minimum atomic E-state index is -0.900. The topological polar surface area (TPSA) is 64.6 Å². The number of rotatable bonds is 8. The van der Waals surface area contributed by atoms with Gasteiger partial charge in [-0.15, -0.1) is 0 Å². The number of aliphatic hydroxyl groups is 1. The first-order chi connectivity index (χ1) is 10.7. The lowest BCUT2D eigenvalue weighted by Gasteiger charge is -2.28. The van der Waals surface area contributed by atoms with E-state index in [1.807, 2.05) is 46.1 Å². The molecule has 0 saturated carbocycles. The van der Waals surface area contributed by atoms with Crippen LogP contribution < -0.4 is 10.6 Å². The third-order valence-electron chi connectivity index (χ3n) is 4.39. The molecule has 3 N–H and O–H groups in total. The van der Waals surface area contributed by atoms with E-state index >= 15 is 0 Å². The molecule has 2 unspecified atom stereocenters. The Hall–Kier alpha value is -1.59. The van der Waals surface area contributed by atoms with Gasteiger partial charge in [0.2, 0.25) is 0 Å². The minimum Gasteiger partial charge on any atom is -0.388 e. The third kappa shape index (κ3) is 7.01. The Bertz CT molecular complexity index is 472. The molecule has 5 nitrogen and oxygen atoms in total. The van der Waals surface area contributed by atoms with Gasteiger partial charge in [-0.25, -0.2) is 4.79 Å². The Morgan fingerprint density at radius 1 is 1.22 bits per heavy atom. The van der Waals surface area contributed by atoms with Gasteiger partial charge in [0.1, 0.15) is 0 Å². The molecule has 0 aromatic heterocycles. The highest BCUT2D eigenvalue weighted by molar-refractivity contribution is 5.73. The van der Waals surface area contributed by atoms with Gasteiger partial charge in [-0.3, -0.25) is 0 Å². The maximum absolute atomic E-state index is 11.9. The van der Waals surface area contributed by atoms with Crippen molar-refractivity contribution in [2.24, 2.45) is 5.92 Å². The second-order valence-corrected chi connectivity index (χ2v) is 6.88. The largest absolute Gasteiger partial charge is 0.388 e. The highest BCUT2D eigenvalue weighted by Crippen LogP contribution is 2.14. The summed E-state index contributed by atoms with van der Waals surface area (Å²) in [6.07, 6.45) is 0.873. The molecule has 0 aliphatic rings. The molecular weight excluding hydrogens is 290 g/mol. The Morgan fingerprint density at radius 3 is 2.35 bits per heavy atom. The van der Waals surface area contributed by atoms with Crippen LogP contribution >= 0.6 is 0 Å². The van der Waals surface area contributed by atoms with Gasteiger partial charge in [0.15, 0.2) is 0 Å². The standard InChI is InChI=1S/C18H31N3O2/c1-14(2)18(3,23)13-20-17(22)19-12-16(21(4)5)11-15-9-7-6-8-10-15/h6-10,14,16,23H,11-13H2,1-5H3,(H2,19,20,22). The summed E-state index contributed by atoms with van der Waals surface area (Å²) in [6, 6.07) is 10.2. The van der Waals surface area contributed by atoms with E-state index in [2.05, 4.69) is 27.7 Å². The Morgan fingerprint density at radius 2 is 1.83 bits per heavy atom. The lowest BCUT2D eigenvalue weighted by Crippen LogP contribution is -2.50. The van der Waals surface area contributed by atoms with Crippen LogP contribution in [-0.2, 0) is 6.42 Å². The van der Waals surface area contributed by atoms with Crippen LogP contribution in [0, 0.1) is 5.92 Å². The molecule has 0 fully saturated rings.